The third kappa shape index (κ3) is 3.71. The van der Waals surface area contributed by atoms with Crippen LogP contribution in [0.2, 0.25) is 0 Å². The summed E-state index contributed by atoms with van der Waals surface area (Å²) in [5, 5.41) is 14.5. The predicted molar refractivity (Wildman–Crippen MR) is 54.4 cm³/mol. The molecule has 0 saturated carbocycles. The zero-order chi connectivity index (χ0) is 11.8. The van der Waals surface area contributed by atoms with E-state index >= 15 is 0 Å². The van der Waals surface area contributed by atoms with Gasteiger partial charge in [-0.05, 0) is 6.42 Å². The largest absolute Gasteiger partial charge is 0.377 e. The van der Waals surface area contributed by atoms with E-state index < -0.39 is 0 Å². The smallest absolute Gasteiger partial charge is 0.273 e. The maximum atomic E-state index is 11.5. The molecule has 16 heavy (non-hydrogen) atoms. The van der Waals surface area contributed by atoms with Crippen LogP contribution >= 0.6 is 0 Å². The van der Waals surface area contributed by atoms with Crippen molar-refractivity contribution in [2.45, 2.75) is 19.4 Å². The van der Waals surface area contributed by atoms with E-state index in [9.17, 15) is 4.79 Å². The second kappa shape index (κ2) is 6.58. The van der Waals surface area contributed by atoms with Crippen LogP contribution in [0.15, 0.2) is 10.6 Å². The van der Waals surface area contributed by atoms with Gasteiger partial charge in [0.1, 0.15) is 6.61 Å². The summed E-state index contributed by atoms with van der Waals surface area (Å²) >= 11 is 0. The van der Waals surface area contributed by atoms with E-state index in [0.717, 1.165) is 0 Å². The van der Waals surface area contributed by atoms with Gasteiger partial charge in [0, 0.05) is 26.1 Å². The summed E-state index contributed by atoms with van der Waals surface area (Å²) in [5.41, 5.74) is 0.226. The third-order valence-corrected chi connectivity index (χ3v) is 1.83. The topological polar surface area (TPSA) is 88.1 Å². The monoisotopic (exact) mass is 223 g/mol. The van der Waals surface area contributed by atoms with Crippen LogP contribution in [-0.4, -0.2) is 24.7 Å². The van der Waals surface area contributed by atoms with E-state index in [-0.39, 0.29) is 18.2 Å². The Kier molecular flexibility index (Phi) is 5.02. The zero-order valence-corrected chi connectivity index (χ0v) is 9.02. The number of amides is 1. The molecule has 6 nitrogen and oxygen atoms in total. The average Bonchev–Trinajstić information content (AvgIpc) is 2.73. The Bertz CT molecular complexity index is 381. The first-order valence-corrected chi connectivity index (χ1v) is 4.87. The van der Waals surface area contributed by atoms with Crippen molar-refractivity contribution in [2.24, 2.45) is 0 Å². The number of methoxy groups -OCH3 is 1. The highest BCUT2D eigenvalue weighted by atomic mass is 16.5. The van der Waals surface area contributed by atoms with Gasteiger partial charge in [-0.25, -0.2) is 0 Å². The molecule has 1 aromatic rings. The van der Waals surface area contributed by atoms with Crippen LogP contribution in [0.4, 0.5) is 0 Å². The molecule has 1 rings (SSSR count). The van der Waals surface area contributed by atoms with E-state index in [1.54, 1.807) is 0 Å². The molecule has 0 aliphatic carbocycles. The zero-order valence-electron chi connectivity index (χ0n) is 9.02. The van der Waals surface area contributed by atoms with Gasteiger partial charge in [-0.15, -0.1) is 0 Å². The summed E-state index contributed by atoms with van der Waals surface area (Å²) in [6.45, 7) is 0.744. The lowest BCUT2D eigenvalue weighted by molar-refractivity contribution is 0.0943. The van der Waals surface area contributed by atoms with Crippen molar-refractivity contribution in [1.29, 1.82) is 5.26 Å². The Morgan fingerprint density at radius 3 is 3.25 bits per heavy atom. The molecule has 86 valence electrons. The summed E-state index contributed by atoms with van der Waals surface area (Å²) in [7, 11) is 1.53. The van der Waals surface area contributed by atoms with Gasteiger partial charge in [0.2, 0.25) is 0 Å². The molecule has 0 aromatic carbocycles. The van der Waals surface area contributed by atoms with E-state index in [1.165, 1.54) is 13.2 Å². The number of rotatable bonds is 6. The molecule has 1 heterocycles. The maximum absolute atomic E-state index is 11.5. The summed E-state index contributed by atoms with van der Waals surface area (Å²) < 4.78 is 9.70. The van der Waals surface area contributed by atoms with E-state index in [4.69, 9.17) is 14.5 Å². The van der Waals surface area contributed by atoms with Crippen molar-refractivity contribution in [1.82, 2.24) is 10.5 Å². The SMILES string of the molecule is COCc1cc(C(=O)NCCCC#N)no1. The van der Waals surface area contributed by atoms with E-state index in [2.05, 4.69) is 10.5 Å². The first kappa shape index (κ1) is 12.2. The van der Waals surface area contributed by atoms with Gasteiger partial charge < -0.3 is 14.6 Å². The number of hydrogen-bond acceptors (Lipinski definition) is 5. The normalized spacial score (nSPS) is 9.75. The fourth-order valence-electron chi connectivity index (χ4n) is 1.09. The predicted octanol–water partition coefficient (Wildman–Crippen LogP) is 0.855. The first-order valence-electron chi connectivity index (χ1n) is 4.87. The summed E-state index contributed by atoms with van der Waals surface area (Å²) in [4.78, 5) is 11.5. The van der Waals surface area contributed by atoms with Crippen LogP contribution in [0, 0.1) is 11.3 Å². The van der Waals surface area contributed by atoms with Crippen molar-refractivity contribution in [3.63, 3.8) is 0 Å². The Morgan fingerprint density at radius 1 is 1.75 bits per heavy atom. The lowest BCUT2D eigenvalue weighted by Gasteiger charge is -1.98. The molecule has 1 N–H and O–H groups in total. The van der Waals surface area contributed by atoms with Gasteiger partial charge in [-0.1, -0.05) is 5.16 Å². The fourth-order valence-corrected chi connectivity index (χ4v) is 1.09. The van der Waals surface area contributed by atoms with E-state index in [1.807, 2.05) is 6.07 Å². The van der Waals surface area contributed by atoms with Gasteiger partial charge in [0.25, 0.3) is 5.91 Å². The highest BCUT2D eigenvalue weighted by Gasteiger charge is 2.11. The molecule has 0 aliphatic rings. The average molecular weight is 223 g/mol. The van der Waals surface area contributed by atoms with Crippen molar-refractivity contribution < 1.29 is 14.1 Å². The minimum Gasteiger partial charge on any atom is -0.377 e. The number of nitriles is 1. The second-order valence-electron chi connectivity index (χ2n) is 3.13. The molecule has 0 spiro atoms. The number of ether oxygens (including phenoxy) is 1. The van der Waals surface area contributed by atoms with Gasteiger partial charge >= 0.3 is 0 Å². The molecule has 0 atom stereocenters. The Hall–Kier alpha value is -1.87. The van der Waals surface area contributed by atoms with Crippen LogP contribution < -0.4 is 5.32 Å². The van der Waals surface area contributed by atoms with Crippen molar-refractivity contribution >= 4 is 5.91 Å². The van der Waals surface area contributed by atoms with Crippen LogP contribution in [0.1, 0.15) is 29.1 Å². The summed E-state index contributed by atoms with van der Waals surface area (Å²) in [6.07, 6.45) is 1.05. The second-order valence-corrected chi connectivity index (χ2v) is 3.13. The molecule has 0 bridgehead atoms. The van der Waals surface area contributed by atoms with Crippen LogP contribution in [0.3, 0.4) is 0 Å². The van der Waals surface area contributed by atoms with Gasteiger partial charge in [0.15, 0.2) is 11.5 Å². The Labute approximate surface area is 93.2 Å². The number of unbranched alkanes of at least 4 members (excludes halogenated alkanes) is 1. The van der Waals surface area contributed by atoms with Crippen molar-refractivity contribution in [3.8, 4) is 6.07 Å². The molecule has 0 unspecified atom stereocenters. The number of carbonyl (C=O) groups is 1. The minimum absolute atomic E-state index is 0.226. The lowest BCUT2D eigenvalue weighted by atomic mass is 10.3. The Morgan fingerprint density at radius 2 is 2.56 bits per heavy atom. The number of hydrogen-bond donors (Lipinski definition) is 1. The highest BCUT2D eigenvalue weighted by Crippen LogP contribution is 2.04. The first-order chi connectivity index (χ1) is 7.77. The van der Waals surface area contributed by atoms with Crippen molar-refractivity contribution in [2.75, 3.05) is 13.7 Å². The fraction of sp³-hybridized carbons (Fsp3) is 0.500. The number of aromatic nitrogens is 1. The van der Waals surface area contributed by atoms with E-state index in [0.29, 0.717) is 25.1 Å². The van der Waals surface area contributed by atoms with Crippen molar-refractivity contribution in [3.05, 3.63) is 17.5 Å². The maximum Gasteiger partial charge on any atom is 0.273 e. The van der Waals surface area contributed by atoms with Crippen LogP contribution in [-0.2, 0) is 11.3 Å². The third-order valence-electron chi connectivity index (χ3n) is 1.83. The quantitative estimate of drug-likeness (QED) is 0.722. The summed E-state index contributed by atoms with van der Waals surface area (Å²) in [6, 6.07) is 3.53. The molecule has 1 amide bonds. The molecule has 6 heteroatoms. The standard InChI is InChI=1S/C10H13N3O3/c1-15-7-8-6-9(13-16-8)10(14)12-5-3-2-4-11/h6H,2-3,5,7H2,1H3,(H,12,14). The molecule has 0 fully saturated rings. The molecule has 0 saturated heterocycles. The minimum atomic E-state index is -0.302. The number of carbonyl (C=O) groups excluding carboxylic acids is 1. The van der Waals surface area contributed by atoms with Gasteiger partial charge in [-0.2, -0.15) is 5.26 Å². The molecule has 0 radical (unpaired) electrons. The van der Waals surface area contributed by atoms with Crippen LogP contribution in [0.25, 0.3) is 0 Å². The molecular weight excluding hydrogens is 210 g/mol. The molecular formula is C10H13N3O3. The highest BCUT2D eigenvalue weighted by molar-refractivity contribution is 5.92. The lowest BCUT2D eigenvalue weighted by Crippen LogP contribution is -2.24. The van der Waals surface area contributed by atoms with Gasteiger partial charge in [-0.3, -0.25) is 4.79 Å². The van der Waals surface area contributed by atoms with Crippen LogP contribution in [0.5, 0.6) is 0 Å². The number of nitrogens with zero attached hydrogens (tertiary/aromatic N) is 2. The summed E-state index contributed by atoms with van der Waals surface area (Å²) in [5.74, 6) is 0.203. The molecule has 1 aromatic heterocycles. The Balaban J connectivity index is 2.38. The number of nitrogens with one attached hydrogen (secondary N) is 1. The molecule has 0 aliphatic heterocycles. The van der Waals surface area contributed by atoms with Gasteiger partial charge in [0.05, 0.1) is 6.07 Å².